The number of rotatable bonds is 5. The maximum Gasteiger partial charge on any atom is 0.0302 e. The zero-order valence-electron chi connectivity index (χ0n) is 11.2. The Morgan fingerprint density at radius 2 is 2.06 bits per heavy atom. The van der Waals surface area contributed by atoms with Crippen molar-refractivity contribution < 1.29 is 0 Å². The van der Waals surface area contributed by atoms with Crippen LogP contribution in [0.4, 0.5) is 0 Å². The zero-order valence-corrected chi connectivity index (χ0v) is 12.0. The fourth-order valence-corrected chi connectivity index (χ4v) is 3.33. The van der Waals surface area contributed by atoms with E-state index in [0.29, 0.717) is 0 Å². The van der Waals surface area contributed by atoms with Crippen molar-refractivity contribution in [3.05, 3.63) is 21.9 Å². The van der Waals surface area contributed by atoms with Crippen LogP contribution in [0.25, 0.3) is 0 Å². The van der Waals surface area contributed by atoms with Crippen LogP contribution in [-0.2, 0) is 6.54 Å². The van der Waals surface area contributed by atoms with E-state index in [1.165, 1.54) is 30.1 Å². The maximum absolute atomic E-state index is 3.55. The standard InChI is InChI=1S/C14H24N2S/c1-11-4-7-17-14(11)8-15-5-6-16-9-12(2)13(3)10-16/h4,7,12-13,15H,5-6,8-10H2,1-3H3. The average molecular weight is 252 g/mol. The van der Waals surface area contributed by atoms with Gasteiger partial charge in [-0.05, 0) is 35.8 Å². The quantitative estimate of drug-likeness (QED) is 0.811. The fourth-order valence-electron chi connectivity index (χ4n) is 2.46. The molecular formula is C14H24N2S. The van der Waals surface area contributed by atoms with Gasteiger partial charge in [-0.15, -0.1) is 11.3 Å². The molecule has 1 fully saturated rings. The zero-order chi connectivity index (χ0) is 12.3. The minimum absolute atomic E-state index is 0.870. The second-order valence-electron chi connectivity index (χ2n) is 5.42. The molecule has 3 heteroatoms. The van der Waals surface area contributed by atoms with Crippen LogP contribution in [0, 0.1) is 18.8 Å². The lowest BCUT2D eigenvalue weighted by molar-refractivity contribution is 0.321. The predicted molar refractivity (Wildman–Crippen MR) is 75.5 cm³/mol. The minimum Gasteiger partial charge on any atom is -0.311 e. The van der Waals surface area contributed by atoms with Crippen LogP contribution in [-0.4, -0.2) is 31.1 Å². The number of hydrogen-bond acceptors (Lipinski definition) is 3. The number of likely N-dealkylation sites (tertiary alicyclic amines) is 1. The summed E-state index contributed by atoms with van der Waals surface area (Å²) in [6, 6.07) is 2.20. The highest BCUT2D eigenvalue weighted by molar-refractivity contribution is 7.10. The van der Waals surface area contributed by atoms with E-state index in [1.807, 2.05) is 11.3 Å². The van der Waals surface area contributed by atoms with Crippen LogP contribution in [0.2, 0.25) is 0 Å². The molecule has 2 atom stereocenters. The Labute approximate surface area is 109 Å². The van der Waals surface area contributed by atoms with Crippen molar-refractivity contribution in [1.82, 2.24) is 10.2 Å². The molecule has 0 radical (unpaired) electrons. The Hall–Kier alpha value is -0.380. The molecule has 1 N–H and O–H groups in total. The van der Waals surface area contributed by atoms with Gasteiger partial charge in [-0.2, -0.15) is 0 Å². The minimum atomic E-state index is 0.870. The molecule has 0 saturated carbocycles. The first-order chi connectivity index (χ1) is 8.16. The summed E-state index contributed by atoms with van der Waals surface area (Å²) in [5.41, 5.74) is 1.42. The van der Waals surface area contributed by atoms with Gasteiger partial charge in [0.05, 0.1) is 0 Å². The Kier molecular flexibility index (Phi) is 4.60. The van der Waals surface area contributed by atoms with Gasteiger partial charge < -0.3 is 10.2 Å². The molecule has 1 aliphatic rings. The molecule has 96 valence electrons. The van der Waals surface area contributed by atoms with E-state index >= 15 is 0 Å². The van der Waals surface area contributed by atoms with Gasteiger partial charge in [-0.1, -0.05) is 13.8 Å². The number of nitrogens with zero attached hydrogens (tertiary/aromatic N) is 1. The summed E-state index contributed by atoms with van der Waals surface area (Å²) < 4.78 is 0. The molecule has 2 unspecified atom stereocenters. The van der Waals surface area contributed by atoms with E-state index in [2.05, 4.69) is 42.4 Å². The van der Waals surface area contributed by atoms with Crippen LogP contribution in [0.5, 0.6) is 0 Å². The van der Waals surface area contributed by atoms with E-state index in [0.717, 1.165) is 24.9 Å². The normalized spacial score (nSPS) is 25.6. The van der Waals surface area contributed by atoms with Crippen molar-refractivity contribution in [3.63, 3.8) is 0 Å². The lowest BCUT2D eigenvalue weighted by Crippen LogP contribution is -2.30. The molecule has 17 heavy (non-hydrogen) atoms. The first-order valence-corrected chi connectivity index (χ1v) is 7.51. The molecule has 1 saturated heterocycles. The highest BCUT2D eigenvalue weighted by Crippen LogP contribution is 2.21. The van der Waals surface area contributed by atoms with E-state index in [1.54, 1.807) is 0 Å². The SMILES string of the molecule is Cc1ccsc1CNCCN1CC(C)C(C)C1. The third-order valence-corrected chi connectivity index (χ3v) is 4.95. The van der Waals surface area contributed by atoms with Gasteiger partial charge in [0.1, 0.15) is 0 Å². The summed E-state index contributed by atoms with van der Waals surface area (Å²) in [5, 5.41) is 5.73. The maximum atomic E-state index is 3.55. The van der Waals surface area contributed by atoms with Crippen LogP contribution in [0.1, 0.15) is 24.3 Å². The lowest BCUT2D eigenvalue weighted by atomic mass is 10.0. The molecular weight excluding hydrogens is 228 g/mol. The first kappa shape index (κ1) is 13.1. The first-order valence-electron chi connectivity index (χ1n) is 6.63. The predicted octanol–water partition coefficient (Wildman–Crippen LogP) is 2.73. The smallest absolute Gasteiger partial charge is 0.0302 e. The van der Waals surface area contributed by atoms with Crippen molar-refractivity contribution >= 4 is 11.3 Å². The largest absolute Gasteiger partial charge is 0.311 e. The molecule has 0 aromatic carbocycles. The topological polar surface area (TPSA) is 15.3 Å². The van der Waals surface area contributed by atoms with Crippen molar-refractivity contribution in [2.24, 2.45) is 11.8 Å². The monoisotopic (exact) mass is 252 g/mol. The molecule has 1 aliphatic heterocycles. The fraction of sp³-hybridized carbons (Fsp3) is 0.714. The van der Waals surface area contributed by atoms with Gasteiger partial charge in [0.15, 0.2) is 0 Å². The number of hydrogen-bond donors (Lipinski definition) is 1. The highest BCUT2D eigenvalue weighted by Gasteiger charge is 2.25. The van der Waals surface area contributed by atoms with Gasteiger partial charge >= 0.3 is 0 Å². The van der Waals surface area contributed by atoms with E-state index in [4.69, 9.17) is 0 Å². The van der Waals surface area contributed by atoms with Crippen LogP contribution in [0.15, 0.2) is 11.4 Å². The summed E-state index contributed by atoms with van der Waals surface area (Å²) in [6.45, 7) is 12.8. The van der Waals surface area contributed by atoms with E-state index in [9.17, 15) is 0 Å². The van der Waals surface area contributed by atoms with Crippen molar-refractivity contribution in [2.75, 3.05) is 26.2 Å². The summed E-state index contributed by atoms with van der Waals surface area (Å²) in [5.74, 6) is 1.74. The second kappa shape index (κ2) is 5.98. The molecule has 1 aromatic rings. The Morgan fingerprint density at radius 3 is 2.65 bits per heavy atom. The molecule has 2 nitrogen and oxygen atoms in total. The Morgan fingerprint density at radius 1 is 1.35 bits per heavy atom. The highest BCUT2D eigenvalue weighted by atomic mass is 32.1. The van der Waals surface area contributed by atoms with Gasteiger partial charge in [0.25, 0.3) is 0 Å². The van der Waals surface area contributed by atoms with E-state index < -0.39 is 0 Å². The summed E-state index contributed by atoms with van der Waals surface area (Å²) in [6.07, 6.45) is 0. The molecule has 2 heterocycles. The number of nitrogens with one attached hydrogen (secondary N) is 1. The number of thiophene rings is 1. The van der Waals surface area contributed by atoms with E-state index in [-0.39, 0.29) is 0 Å². The molecule has 0 bridgehead atoms. The molecule has 0 amide bonds. The Bertz CT molecular complexity index is 338. The third kappa shape index (κ3) is 3.54. The second-order valence-corrected chi connectivity index (χ2v) is 6.42. The van der Waals surface area contributed by atoms with Crippen molar-refractivity contribution in [3.8, 4) is 0 Å². The summed E-state index contributed by atoms with van der Waals surface area (Å²) >= 11 is 1.86. The Balaban J connectivity index is 1.63. The van der Waals surface area contributed by atoms with Crippen molar-refractivity contribution in [2.45, 2.75) is 27.3 Å². The lowest BCUT2D eigenvalue weighted by Gasteiger charge is -2.15. The number of aryl methyl sites for hydroxylation is 1. The molecule has 0 aliphatic carbocycles. The summed E-state index contributed by atoms with van der Waals surface area (Å²) in [4.78, 5) is 4.07. The van der Waals surface area contributed by atoms with Crippen LogP contribution < -0.4 is 5.32 Å². The van der Waals surface area contributed by atoms with Gasteiger partial charge in [0.2, 0.25) is 0 Å². The molecule has 0 spiro atoms. The van der Waals surface area contributed by atoms with Crippen LogP contribution >= 0.6 is 11.3 Å². The average Bonchev–Trinajstić information content (AvgIpc) is 2.82. The molecule has 2 rings (SSSR count). The van der Waals surface area contributed by atoms with Gasteiger partial charge in [-0.3, -0.25) is 0 Å². The van der Waals surface area contributed by atoms with Gasteiger partial charge in [0, 0.05) is 37.6 Å². The van der Waals surface area contributed by atoms with Gasteiger partial charge in [-0.25, -0.2) is 0 Å². The van der Waals surface area contributed by atoms with Crippen LogP contribution in [0.3, 0.4) is 0 Å². The molecule has 1 aromatic heterocycles. The summed E-state index contributed by atoms with van der Waals surface area (Å²) in [7, 11) is 0. The van der Waals surface area contributed by atoms with Crippen molar-refractivity contribution in [1.29, 1.82) is 0 Å². The third-order valence-electron chi connectivity index (χ3n) is 3.92.